The first kappa shape index (κ1) is 32.1. The number of sulfone groups is 1. The Morgan fingerprint density at radius 3 is 2.38 bits per heavy atom. The number of rotatable bonds is 7. The highest BCUT2D eigenvalue weighted by atomic mass is 32.2. The van der Waals surface area contributed by atoms with E-state index in [2.05, 4.69) is 43.4 Å². The smallest absolute Gasteiger partial charge is 0.237 e. The summed E-state index contributed by atoms with van der Waals surface area (Å²) in [6, 6.07) is 20.8. The Labute approximate surface area is 290 Å². The summed E-state index contributed by atoms with van der Waals surface area (Å²) >= 11 is 0. The molecule has 2 amide bonds. The molecule has 0 aliphatic carbocycles. The van der Waals surface area contributed by atoms with Gasteiger partial charge in [0.05, 0.1) is 28.1 Å². The number of nitrogens with one attached hydrogen (secondary N) is 1. The molecule has 0 unspecified atom stereocenters. The molecule has 50 heavy (non-hydrogen) atoms. The highest BCUT2D eigenvalue weighted by Crippen LogP contribution is 2.43. The highest BCUT2D eigenvalue weighted by Gasteiger charge is 2.51. The molecule has 13 heteroatoms. The number of aromatic amines is 1. The number of nitrogens with zero attached hydrogens (tertiary/aromatic N) is 7. The van der Waals surface area contributed by atoms with E-state index in [1.54, 1.807) is 35.3 Å². The average molecular weight is 691 g/mol. The van der Waals surface area contributed by atoms with Crippen LogP contribution in [0.3, 0.4) is 0 Å². The van der Waals surface area contributed by atoms with Crippen LogP contribution < -0.4 is 4.90 Å². The van der Waals surface area contributed by atoms with Gasteiger partial charge >= 0.3 is 0 Å². The van der Waals surface area contributed by atoms with Crippen LogP contribution in [-0.2, 0) is 26.5 Å². The van der Waals surface area contributed by atoms with Crippen LogP contribution in [0.1, 0.15) is 24.8 Å². The molecule has 3 aromatic carbocycles. The zero-order valence-corrected chi connectivity index (χ0v) is 28.9. The third-order valence-corrected chi connectivity index (χ3v) is 11.5. The number of hydrogen-bond donors (Lipinski definition) is 1. The van der Waals surface area contributed by atoms with Gasteiger partial charge in [-0.2, -0.15) is 10.2 Å². The summed E-state index contributed by atoms with van der Waals surface area (Å²) in [6.45, 7) is 3.45. The van der Waals surface area contributed by atoms with E-state index in [1.165, 1.54) is 11.8 Å². The van der Waals surface area contributed by atoms with E-state index in [1.807, 2.05) is 47.2 Å². The van der Waals surface area contributed by atoms with Gasteiger partial charge in [0.1, 0.15) is 6.33 Å². The van der Waals surface area contributed by atoms with Gasteiger partial charge < -0.3 is 9.80 Å². The van der Waals surface area contributed by atoms with Crippen LogP contribution in [0.4, 0.5) is 5.69 Å². The topological polar surface area (TPSA) is 137 Å². The zero-order chi connectivity index (χ0) is 34.6. The van der Waals surface area contributed by atoms with E-state index in [0.717, 1.165) is 52.5 Å². The van der Waals surface area contributed by atoms with E-state index < -0.39 is 15.3 Å². The number of anilines is 1. The van der Waals surface area contributed by atoms with Gasteiger partial charge in [0.25, 0.3) is 0 Å². The second kappa shape index (κ2) is 12.3. The molecular formula is C37H38N8O4S. The van der Waals surface area contributed by atoms with Crippen molar-refractivity contribution in [3.63, 3.8) is 0 Å². The number of aryl methyl sites for hydroxylation is 1. The number of aromatic nitrogens is 5. The largest absolute Gasteiger partial charge is 0.338 e. The van der Waals surface area contributed by atoms with Crippen LogP contribution >= 0.6 is 0 Å². The van der Waals surface area contributed by atoms with Crippen LogP contribution in [0.5, 0.6) is 0 Å². The van der Waals surface area contributed by atoms with Gasteiger partial charge in [-0.1, -0.05) is 42.5 Å². The molecular weight excluding hydrogens is 653 g/mol. The van der Waals surface area contributed by atoms with Crippen LogP contribution in [-0.4, -0.2) is 101 Å². The fourth-order valence-electron chi connectivity index (χ4n) is 7.54. The average Bonchev–Trinajstić information content (AvgIpc) is 3.92. The van der Waals surface area contributed by atoms with Crippen LogP contribution in [0, 0.1) is 5.41 Å². The van der Waals surface area contributed by atoms with Gasteiger partial charge in [0.2, 0.25) is 11.8 Å². The Balaban J connectivity index is 0.898. The molecule has 0 radical (unpaired) electrons. The van der Waals surface area contributed by atoms with Crippen molar-refractivity contribution >= 4 is 43.8 Å². The molecule has 0 saturated carbocycles. The summed E-state index contributed by atoms with van der Waals surface area (Å²) in [5.41, 5.74) is 5.98. The molecule has 5 aromatic rings. The lowest BCUT2D eigenvalue weighted by atomic mass is 9.85. The lowest BCUT2D eigenvalue weighted by Crippen LogP contribution is -2.43. The molecule has 5 heterocycles. The Morgan fingerprint density at radius 2 is 1.68 bits per heavy atom. The zero-order valence-electron chi connectivity index (χ0n) is 28.0. The lowest BCUT2D eigenvalue weighted by Gasteiger charge is -2.29. The molecule has 1 spiro atoms. The number of H-pyrrole nitrogens is 1. The Hall–Kier alpha value is -5.14. The maximum absolute atomic E-state index is 14.0. The first-order valence-corrected chi connectivity index (χ1v) is 18.7. The number of carbonyl (C=O) groups excluding carboxylic acids is 2. The number of amides is 2. The van der Waals surface area contributed by atoms with Crippen molar-refractivity contribution in [1.82, 2.24) is 34.8 Å². The number of likely N-dealkylation sites (tertiary alicyclic amines) is 1. The van der Waals surface area contributed by atoms with Crippen LogP contribution in [0.15, 0.2) is 84.0 Å². The third-order valence-electron chi connectivity index (χ3n) is 10.4. The standard InChI is InChI=1S/C37H38N8O4S/c1-42-24-38-35(41-42)28-5-3-25(4-6-28)26-13-17-44(18-14-26)33(46)22-43-19-15-37(23-43)16-20-45(36(37)47)29-9-12-32-31(21-29)34(40-39-32)27-7-10-30(11-8-27)50(2,48)49/h3-13,21,24H,14-20,22-23H2,1-2H3,(H,39,40)/t37-/m0/s1. The minimum absolute atomic E-state index is 0.0960. The van der Waals surface area contributed by atoms with Crippen molar-refractivity contribution in [3.8, 4) is 22.6 Å². The summed E-state index contributed by atoms with van der Waals surface area (Å²) in [6.07, 6.45) is 7.28. The van der Waals surface area contributed by atoms with Gasteiger partial charge in [0.15, 0.2) is 15.7 Å². The second-order valence-electron chi connectivity index (χ2n) is 13.7. The fraction of sp³-hybridized carbons (Fsp3) is 0.324. The summed E-state index contributed by atoms with van der Waals surface area (Å²) in [7, 11) is -1.45. The third kappa shape index (κ3) is 5.90. The Kier molecular flexibility index (Phi) is 7.91. The quantitative estimate of drug-likeness (QED) is 0.269. The monoisotopic (exact) mass is 690 g/mol. The van der Waals surface area contributed by atoms with E-state index in [0.29, 0.717) is 50.8 Å². The van der Waals surface area contributed by atoms with Crippen molar-refractivity contribution < 1.29 is 18.0 Å². The molecule has 2 fully saturated rings. The summed E-state index contributed by atoms with van der Waals surface area (Å²) < 4.78 is 25.5. The molecule has 1 atom stereocenters. The molecule has 2 saturated heterocycles. The van der Waals surface area contributed by atoms with Crippen molar-refractivity contribution in [3.05, 3.63) is 84.7 Å². The van der Waals surface area contributed by atoms with Gasteiger partial charge in [-0.05, 0) is 67.3 Å². The predicted octanol–water partition coefficient (Wildman–Crippen LogP) is 4.17. The van der Waals surface area contributed by atoms with Crippen LogP contribution in [0.25, 0.3) is 39.1 Å². The molecule has 0 bridgehead atoms. The molecule has 12 nitrogen and oxygen atoms in total. The molecule has 1 N–H and O–H groups in total. The fourth-order valence-corrected chi connectivity index (χ4v) is 8.17. The number of hydrogen-bond acceptors (Lipinski definition) is 8. The SMILES string of the molecule is Cn1cnc(-c2ccc(C3=CCN(C(=O)CN4CC[C@]5(CCN(c6ccc7[nH]nc(-c8ccc(S(C)(=O)=O)cc8)c7c6)C5=O)C4)CC3)cc2)n1. The van der Waals surface area contributed by atoms with Gasteiger partial charge in [-0.15, -0.1) is 0 Å². The lowest BCUT2D eigenvalue weighted by molar-refractivity contribution is -0.132. The molecule has 8 rings (SSSR count). The van der Waals surface area contributed by atoms with Gasteiger partial charge in [-0.3, -0.25) is 24.3 Å². The number of benzene rings is 3. The number of carbonyl (C=O) groups is 2. The van der Waals surface area contributed by atoms with Crippen LogP contribution in [0.2, 0.25) is 0 Å². The molecule has 3 aliphatic rings. The normalized spacial score (nSPS) is 20.0. The van der Waals surface area contributed by atoms with Crippen molar-refractivity contribution in [2.45, 2.75) is 24.2 Å². The second-order valence-corrected chi connectivity index (χ2v) is 15.7. The van der Waals surface area contributed by atoms with E-state index >= 15 is 0 Å². The van der Waals surface area contributed by atoms with E-state index in [4.69, 9.17) is 0 Å². The van der Waals surface area contributed by atoms with Gasteiger partial charge in [-0.25, -0.2) is 13.4 Å². The molecule has 256 valence electrons. The highest BCUT2D eigenvalue weighted by molar-refractivity contribution is 7.90. The van der Waals surface area contributed by atoms with E-state index in [-0.39, 0.29) is 16.7 Å². The Bertz CT molecular complexity index is 2260. The first-order valence-electron chi connectivity index (χ1n) is 16.8. The summed E-state index contributed by atoms with van der Waals surface area (Å²) in [5.74, 6) is 0.898. The van der Waals surface area contributed by atoms with Crippen molar-refractivity contribution in [1.29, 1.82) is 0 Å². The maximum atomic E-state index is 14.0. The Morgan fingerprint density at radius 1 is 0.940 bits per heavy atom. The minimum atomic E-state index is -3.30. The number of fused-ring (bicyclic) bond motifs is 1. The molecule has 2 aromatic heterocycles. The van der Waals surface area contributed by atoms with Crippen molar-refractivity contribution in [2.75, 3.05) is 50.4 Å². The maximum Gasteiger partial charge on any atom is 0.237 e. The van der Waals surface area contributed by atoms with Crippen molar-refractivity contribution in [2.24, 2.45) is 12.5 Å². The molecule has 3 aliphatic heterocycles. The van der Waals surface area contributed by atoms with Gasteiger partial charge in [0, 0.05) is 61.7 Å². The van der Waals surface area contributed by atoms with E-state index in [9.17, 15) is 18.0 Å². The summed E-state index contributed by atoms with van der Waals surface area (Å²) in [5, 5.41) is 12.8. The predicted molar refractivity (Wildman–Crippen MR) is 191 cm³/mol. The minimum Gasteiger partial charge on any atom is -0.338 e. The first-order chi connectivity index (χ1) is 24.1. The summed E-state index contributed by atoms with van der Waals surface area (Å²) in [4.78, 5) is 37.9.